The highest BCUT2D eigenvalue weighted by Crippen LogP contribution is 2.40. The fourth-order valence-electron chi connectivity index (χ4n) is 4.16. The Bertz CT molecular complexity index is 909. The van der Waals surface area contributed by atoms with E-state index in [0.29, 0.717) is 43.4 Å². The van der Waals surface area contributed by atoms with Gasteiger partial charge in [-0.3, -0.25) is 4.90 Å². The van der Waals surface area contributed by atoms with E-state index in [1.165, 1.54) is 0 Å². The number of halogens is 1. The average molecular weight is 413 g/mol. The van der Waals surface area contributed by atoms with Crippen LogP contribution >= 0.6 is 0 Å². The first-order chi connectivity index (χ1) is 14.6. The first kappa shape index (κ1) is 20.8. The van der Waals surface area contributed by atoms with Crippen molar-refractivity contribution in [3.05, 3.63) is 58.4 Å². The molecular formula is C24H28FNO4. The number of rotatable bonds is 7. The minimum absolute atomic E-state index is 0.190. The zero-order chi connectivity index (χ0) is 21.1. The first-order valence-electron chi connectivity index (χ1n) is 10.7. The van der Waals surface area contributed by atoms with E-state index in [1.807, 2.05) is 6.07 Å². The van der Waals surface area contributed by atoms with Crippen molar-refractivity contribution in [3.63, 3.8) is 0 Å². The third-order valence-electron chi connectivity index (χ3n) is 5.88. The highest BCUT2D eigenvalue weighted by molar-refractivity contribution is 5.96. The zero-order valence-electron chi connectivity index (χ0n) is 17.6. The number of hydrogen-bond acceptors (Lipinski definition) is 5. The standard InChI is InChI=1S/C24H28FNO4/c1-3-4-11-29-23-20-14-26(17-10-12-28-15-17)13-19(20)22(25)16(2)21(23)24(27)30-18-8-6-5-7-9-18/h5-9,17H,3-4,10-15H2,1-2H3/t17-/m1/s1. The van der Waals surface area contributed by atoms with Crippen LogP contribution in [0, 0.1) is 12.7 Å². The molecule has 0 unspecified atom stereocenters. The van der Waals surface area contributed by atoms with Crippen LogP contribution in [-0.2, 0) is 17.8 Å². The van der Waals surface area contributed by atoms with E-state index in [0.717, 1.165) is 31.4 Å². The van der Waals surface area contributed by atoms with Crippen molar-refractivity contribution >= 4 is 5.97 Å². The molecule has 2 aromatic carbocycles. The summed E-state index contributed by atoms with van der Waals surface area (Å²) in [6.45, 7) is 6.63. The van der Waals surface area contributed by atoms with Gasteiger partial charge in [-0.25, -0.2) is 9.18 Å². The van der Waals surface area contributed by atoms with Gasteiger partial charge in [0, 0.05) is 42.4 Å². The lowest BCUT2D eigenvalue weighted by atomic mass is 9.98. The Morgan fingerprint density at radius 2 is 2.00 bits per heavy atom. The normalized spacial score (nSPS) is 18.4. The smallest absolute Gasteiger partial charge is 0.347 e. The van der Waals surface area contributed by atoms with Gasteiger partial charge in [0.2, 0.25) is 0 Å². The molecule has 2 aliphatic rings. The number of hydrogen-bond donors (Lipinski definition) is 0. The highest BCUT2D eigenvalue weighted by atomic mass is 19.1. The molecule has 2 heterocycles. The molecule has 0 bridgehead atoms. The van der Waals surface area contributed by atoms with E-state index in [2.05, 4.69) is 11.8 Å². The predicted octanol–water partition coefficient (Wildman–Crippen LogP) is 4.64. The zero-order valence-corrected chi connectivity index (χ0v) is 17.6. The van der Waals surface area contributed by atoms with Crippen molar-refractivity contribution in [3.8, 4) is 11.5 Å². The molecule has 1 fully saturated rings. The van der Waals surface area contributed by atoms with Gasteiger partial charge in [0.15, 0.2) is 0 Å². The minimum atomic E-state index is -0.588. The van der Waals surface area contributed by atoms with E-state index < -0.39 is 5.97 Å². The third kappa shape index (κ3) is 4.07. The van der Waals surface area contributed by atoms with Crippen LogP contribution < -0.4 is 9.47 Å². The summed E-state index contributed by atoms with van der Waals surface area (Å²) < 4.78 is 32.5. The van der Waals surface area contributed by atoms with E-state index >= 15 is 4.39 Å². The average Bonchev–Trinajstić information content (AvgIpc) is 3.42. The van der Waals surface area contributed by atoms with Crippen LogP contribution in [0.1, 0.15) is 53.2 Å². The summed E-state index contributed by atoms with van der Waals surface area (Å²) >= 11 is 0. The predicted molar refractivity (Wildman–Crippen MR) is 111 cm³/mol. The van der Waals surface area contributed by atoms with Gasteiger partial charge in [-0.15, -0.1) is 0 Å². The van der Waals surface area contributed by atoms with Crippen LogP contribution in [0.4, 0.5) is 4.39 Å². The summed E-state index contributed by atoms with van der Waals surface area (Å²) in [5, 5.41) is 0. The Labute approximate surface area is 176 Å². The number of para-hydroxylation sites is 1. The molecule has 0 saturated carbocycles. The Balaban J connectivity index is 1.71. The van der Waals surface area contributed by atoms with E-state index in [-0.39, 0.29) is 23.0 Å². The van der Waals surface area contributed by atoms with E-state index in [1.54, 1.807) is 31.2 Å². The second kappa shape index (κ2) is 9.14. The quantitative estimate of drug-likeness (QED) is 0.376. The number of nitrogens with zero attached hydrogens (tertiary/aromatic N) is 1. The molecule has 0 amide bonds. The van der Waals surface area contributed by atoms with E-state index in [9.17, 15) is 4.79 Å². The van der Waals surface area contributed by atoms with Crippen LogP contribution in [0.3, 0.4) is 0 Å². The molecule has 1 saturated heterocycles. The van der Waals surface area contributed by atoms with Crippen LogP contribution in [0.2, 0.25) is 0 Å². The molecule has 1 atom stereocenters. The second-order valence-electron chi connectivity index (χ2n) is 7.93. The molecule has 4 rings (SSSR count). The van der Waals surface area contributed by atoms with Gasteiger partial charge >= 0.3 is 5.97 Å². The molecule has 0 aliphatic carbocycles. The SMILES string of the molecule is CCCCOc1c2c(c(F)c(C)c1C(=O)Oc1ccccc1)CN([C@@H]1CCOC1)C2. The third-order valence-corrected chi connectivity index (χ3v) is 5.88. The number of fused-ring (bicyclic) bond motifs is 1. The number of carbonyl (C=O) groups is 1. The Morgan fingerprint density at radius 1 is 1.23 bits per heavy atom. The summed E-state index contributed by atoms with van der Waals surface area (Å²) in [4.78, 5) is 15.3. The molecule has 0 aromatic heterocycles. The lowest BCUT2D eigenvalue weighted by molar-refractivity contribution is 0.0728. The van der Waals surface area contributed by atoms with E-state index in [4.69, 9.17) is 14.2 Å². The topological polar surface area (TPSA) is 48.0 Å². The molecular weight excluding hydrogens is 385 g/mol. The summed E-state index contributed by atoms with van der Waals surface area (Å²) in [6, 6.07) is 9.10. The monoisotopic (exact) mass is 413 g/mol. The number of unbranched alkanes of at least 4 members (excludes halogenated alkanes) is 1. The maximum Gasteiger partial charge on any atom is 0.347 e. The van der Waals surface area contributed by atoms with Gasteiger partial charge in [0.25, 0.3) is 0 Å². The van der Waals surface area contributed by atoms with Crippen molar-refractivity contribution in [2.45, 2.75) is 52.2 Å². The Kier molecular flexibility index (Phi) is 6.35. The lowest BCUT2D eigenvalue weighted by Gasteiger charge is -2.21. The number of carbonyl (C=O) groups excluding carboxylic acids is 1. The fraction of sp³-hybridized carbons (Fsp3) is 0.458. The molecule has 160 valence electrons. The van der Waals surface area contributed by atoms with Crippen molar-refractivity contribution in [1.29, 1.82) is 0 Å². The Morgan fingerprint density at radius 3 is 2.70 bits per heavy atom. The highest BCUT2D eigenvalue weighted by Gasteiger charge is 2.36. The number of ether oxygens (including phenoxy) is 3. The van der Waals surface area contributed by atoms with Gasteiger partial charge in [0.1, 0.15) is 22.9 Å². The lowest BCUT2D eigenvalue weighted by Crippen LogP contribution is -2.30. The molecule has 0 N–H and O–H groups in total. The second-order valence-corrected chi connectivity index (χ2v) is 7.93. The van der Waals surface area contributed by atoms with Crippen molar-refractivity contribution in [2.75, 3.05) is 19.8 Å². The van der Waals surface area contributed by atoms with Crippen LogP contribution in [0.5, 0.6) is 11.5 Å². The molecule has 2 aliphatic heterocycles. The van der Waals surface area contributed by atoms with Crippen molar-refractivity contribution in [1.82, 2.24) is 4.90 Å². The summed E-state index contributed by atoms with van der Waals surface area (Å²) in [5.74, 6) is -0.0319. The summed E-state index contributed by atoms with van der Waals surface area (Å²) in [7, 11) is 0. The number of benzene rings is 2. The van der Waals surface area contributed by atoms with Crippen LogP contribution in [0.25, 0.3) is 0 Å². The van der Waals surface area contributed by atoms with Crippen LogP contribution in [-0.4, -0.2) is 36.7 Å². The van der Waals surface area contributed by atoms with Gasteiger partial charge < -0.3 is 14.2 Å². The van der Waals surface area contributed by atoms with Gasteiger partial charge in [-0.1, -0.05) is 31.5 Å². The molecule has 0 spiro atoms. The minimum Gasteiger partial charge on any atom is -0.492 e. The summed E-state index contributed by atoms with van der Waals surface area (Å²) in [5.41, 5.74) is 1.87. The first-order valence-corrected chi connectivity index (χ1v) is 10.7. The fourth-order valence-corrected chi connectivity index (χ4v) is 4.16. The molecule has 6 heteroatoms. The molecule has 5 nitrogen and oxygen atoms in total. The number of esters is 1. The van der Waals surface area contributed by atoms with Gasteiger partial charge in [0.05, 0.1) is 13.2 Å². The molecule has 2 aromatic rings. The van der Waals surface area contributed by atoms with Gasteiger partial charge in [-0.05, 0) is 31.9 Å². The van der Waals surface area contributed by atoms with Gasteiger partial charge in [-0.2, -0.15) is 0 Å². The summed E-state index contributed by atoms with van der Waals surface area (Å²) in [6.07, 6.45) is 2.76. The molecule has 0 radical (unpaired) electrons. The van der Waals surface area contributed by atoms with Crippen LogP contribution in [0.15, 0.2) is 30.3 Å². The largest absolute Gasteiger partial charge is 0.492 e. The van der Waals surface area contributed by atoms with Crippen molar-refractivity contribution < 1.29 is 23.4 Å². The maximum atomic E-state index is 15.4. The maximum absolute atomic E-state index is 15.4. The molecule has 30 heavy (non-hydrogen) atoms. The Hall–Kier alpha value is -2.44. The van der Waals surface area contributed by atoms with Crippen molar-refractivity contribution in [2.24, 2.45) is 0 Å².